The zero-order chi connectivity index (χ0) is 20.3. The molecule has 1 aromatic carbocycles. The van der Waals surface area contributed by atoms with E-state index < -0.39 is 18.2 Å². The van der Waals surface area contributed by atoms with Crippen LogP contribution in [0.25, 0.3) is 0 Å². The van der Waals surface area contributed by atoms with Gasteiger partial charge in [-0.3, -0.25) is 4.90 Å². The second-order valence-electron chi connectivity index (χ2n) is 7.43. The molecule has 7 nitrogen and oxygen atoms in total. The maximum atomic E-state index is 12.1. The first kappa shape index (κ1) is 20.1. The summed E-state index contributed by atoms with van der Waals surface area (Å²) in [5, 5.41) is 9.91. The van der Waals surface area contributed by atoms with Gasteiger partial charge in [-0.15, -0.1) is 0 Å². The van der Waals surface area contributed by atoms with Crippen LogP contribution in [0.5, 0.6) is 5.75 Å². The summed E-state index contributed by atoms with van der Waals surface area (Å²) in [6, 6.07) is 9.25. The number of ether oxygens (including phenoxy) is 2. The molecule has 0 unspecified atom stereocenters. The number of cyclic esters (lactones) is 1. The van der Waals surface area contributed by atoms with E-state index in [1.165, 1.54) is 4.90 Å². The minimum absolute atomic E-state index is 0.141. The summed E-state index contributed by atoms with van der Waals surface area (Å²) >= 11 is 0. The highest BCUT2D eigenvalue weighted by Gasteiger charge is 2.38. The van der Waals surface area contributed by atoms with Gasteiger partial charge in [-0.2, -0.15) is 0 Å². The van der Waals surface area contributed by atoms with Crippen molar-refractivity contribution >= 4 is 11.9 Å². The summed E-state index contributed by atoms with van der Waals surface area (Å²) in [5.74, 6) is 2.13. The van der Waals surface area contributed by atoms with E-state index >= 15 is 0 Å². The number of aliphatic hydroxyl groups excluding tert-OH is 1. The van der Waals surface area contributed by atoms with Crippen LogP contribution in [-0.2, 0) is 11.2 Å². The first-order valence-electron chi connectivity index (χ1n) is 9.57. The number of carbonyl (C=O) groups is 1. The summed E-state index contributed by atoms with van der Waals surface area (Å²) in [7, 11) is 0. The Morgan fingerprint density at radius 3 is 2.57 bits per heavy atom. The molecule has 0 saturated carbocycles. The van der Waals surface area contributed by atoms with Gasteiger partial charge in [-0.25, -0.2) is 14.8 Å². The van der Waals surface area contributed by atoms with Crippen molar-refractivity contribution in [2.75, 3.05) is 11.5 Å². The first-order valence-corrected chi connectivity index (χ1v) is 9.57. The average Bonchev–Trinajstić information content (AvgIpc) is 3.04. The molecule has 0 bridgehead atoms. The van der Waals surface area contributed by atoms with Crippen molar-refractivity contribution < 1.29 is 19.4 Å². The number of aliphatic hydroxyl groups is 1. The summed E-state index contributed by atoms with van der Waals surface area (Å²) in [6.07, 6.45) is 1.19. The number of aromatic nitrogens is 2. The lowest BCUT2D eigenvalue weighted by atomic mass is 9.97. The van der Waals surface area contributed by atoms with E-state index in [0.717, 1.165) is 11.3 Å². The molecule has 1 saturated heterocycles. The minimum atomic E-state index is -0.713. The fourth-order valence-electron chi connectivity index (χ4n) is 3.21. The molecule has 2 aromatic rings. The quantitative estimate of drug-likeness (QED) is 0.787. The highest BCUT2D eigenvalue weighted by atomic mass is 16.6. The van der Waals surface area contributed by atoms with Crippen LogP contribution in [0.2, 0.25) is 0 Å². The van der Waals surface area contributed by atoms with Gasteiger partial charge in [-0.1, -0.05) is 19.1 Å². The number of rotatable bonds is 7. The molecule has 150 valence electrons. The van der Waals surface area contributed by atoms with Crippen LogP contribution in [0.4, 0.5) is 10.6 Å². The molecular formula is C21H27N3O4. The molecule has 1 fully saturated rings. The molecule has 1 aromatic heterocycles. The second kappa shape index (κ2) is 8.56. The zero-order valence-corrected chi connectivity index (χ0v) is 16.7. The Morgan fingerprint density at radius 2 is 1.93 bits per heavy atom. The lowest BCUT2D eigenvalue weighted by molar-refractivity contribution is 0.142. The largest absolute Gasteiger partial charge is 0.491 e. The fourth-order valence-corrected chi connectivity index (χ4v) is 3.21. The van der Waals surface area contributed by atoms with Crippen molar-refractivity contribution in [3.05, 3.63) is 47.9 Å². The summed E-state index contributed by atoms with van der Waals surface area (Å²) in [6.45, 7) is 7.89. The molecule has 3 rings (SSSR count). The monoisotopic (exact) mass is 385 g/mol. The molecule has 1 amide bonds. The third kappa shape index (κ3) is 4.59. The van der Waals surface area contributed by atoms with Crippen LogP contribution >= 0.6 is 0 Å². The van der Waals surface area contributed by atoms with Gasteiger partial charge < -0.3 is 14.6 Å². The highest BCUT2D eigenvalue weighted by Crippen LogP contribution is 2.25. The van der Waals surface area contributed by atoms with Crippen LogP contribution in [0, 0.1) is 0 Å². The van der Waals surface area contributed by atoms with Crippen molar-refractivity contribution in [2.45, 2.75) is 58.3 Å². The number of hydrogen-bond acceptors (Lipinski definition) is 6. The molecule has 7 heteroatoms. The van der Waals surface area contributed by atoms with Crippen molar-refractivity contribution in [3.63, 3.8) is 0 Å². The van der Waals surface area contributed by atoms with E-state index in [0.29, 0.717) is 18.1 Å². The maximum absolute atomic E-state index is 12.1. The maximum Gasteiger partial charge on any atom is 0.416 e. The smallest absolute Gasteiger partial charge is 0.416 e. The van der Waals surface area contributed by atoms with Gasteiger partial charge in [0.1, 0.15) is 30.0 Å². The Balaban J connectivity index is 1.73. The predicted octanol–water partition coefficient (Wildman–Crippen LogP) is 3.32. The third-order valence-electron chi connectivity index (χ3n) is 4.71. The number of amides is 1. The van der Waals surface area contributed by atoms with Gasteiger partial charge in [0.25, 0.3) is 0 Å². The van der Waals surface area contributed by atoms with E-state index in [4.69, 9.17) is 9.47 Å². The van der Waals surface area contributed by atoms with Gasteiger partial charge in [0.2, 0.25) is 0 Å². The Kier molecular flexibility index (Phi) is 6.14. The lowest BCUT2D eigenvalue weighted by Crippen LogP contribution is -2.41. The van der Waals surface area contributed by atoms with E-state index in [1.807, 2.05) is 38.1 Å². The van der Waals surface area contributed by atoms with Crippen LogP contribution in [0.1, 0.15) is 45.0 Å². The standard InChI is InChI=1S/C21H27N3O4/c1-13(2)28-17-7-5-16(6-8-17)14(3)11-19-22-10-9-20(23-19)24-18(15(4)25)12-27-21(24)26/h5-10,13-15,18,25H,11-12H2,1-4H3/t14-,15-,18-/m1/s1. The van der Waals surface area contributed by atoms with E-state index in [9.17, 15) is 9.90 Å². The third-order valence-corrected chi connectivity index (χ3v) is 4.71. The second-order valence-corrected chi connectivity index (χ2v) is 7.43. The molecule has 2 heterocycles. The molecule has 1 aliphatic heterocycles. The van der Waals surface area contributed by atoms with Crippen molar-refractivity contribution in [1.82, 2.24) is 9.97 Å². The topological polar surface area (TPSA) is 84.8 Å². The number of anilines is 1. The Bertz CT molecular complexity index is 808. The van der Waals surface area contributed by atoms with E-state index in [1.54, 1.807) is 19.2 Å². The molecule has 28 heavy (non-hydrogen) atoms. The molecule has 1 N–H and O–H groups in total. The van der Waals surface area contributed by atoms with Gasteiger partial charge in [0, 0.05) is 12.6 Å². The minimum Gasteiger partial charge on any atom is -0.491 e. The van der Waals surface area contributed by atoms with Gasteiger partial charge in [0.05, 0.1) is 12.2 Å². The van der Waals surface area contributed by atoms with Gasteiger partial charge in [0.15, 0.2) is 0 Å². The van der Waals surface area contributed by atoms with Crippen molar-refractivity contribution in [2.24, 2.45) is 0 Å². The highest BCUT2D eigenvalue weighted by molar-refractivity contribution is 5.89. The molecule has 3 atom stereocenters. The predicted molar refractivity (Wildman–Crippen MR) is 106 cm³/mol. The molecule has 0 radical (unpaired) electrons. The number of carbonyl (C=O) groups excluding carboxylic acids is 1. The SMILES string of the molecule is CC(C)Oc1ccc([C@H](C)Cc2nccc(N3C(=O)OC[C@@H]3[C@@H](C)O)n2)cc1. The van der Waals surface area contributed by atoms with Gasteiger partial charge in [-0.05, 0) is 50.5 Å². The zero-order valence-electron chi connectivity index (χ0n) is 16.7. The van der Waals surface area contributed by atoms with E-state index in [2.05, 4.69) is 16.9 Å². The number of hydrogen-bond donors (Lipinski definition) is 1. The molecule has 0 aliphatic carbocycles. The number of benzene rings is 1. The van der Waals surface area contributed by atoms with Crippen LogP contribution in [-0.4, -0.2) is 46.0 Å². The van der Waals surface area contributed by atoms with Crippen molar-refractivity contribution in [3.8, 4) is 5.75 Å². The Labute approximate surface area is 165 Å². The van der Waals surface area contributed by atoms with Crippen LogP contribution < -0.4 is 9.64 Å². The summed E-state index contributed by atoms with van der Waals surface area (Å²) in [4.78, 5) is 22.4. The molecule has 1 aliphatic rings. The molecule has 0 spiro atoms. The number of nitrogens with zero attached hydrogens (tertiary/aromatic N) is 3. The summed E-state index contributed by atoms with van der Waals surface area (Å²) in [5.41, 5.74) is 1.16. The van der Waals surface area contributed by atoms with Crippen LogP contribution in [0.15, 0.2) is 36.5 Å². The fraction of sp³-hybridized carbons (Fsp3) is 0.476. The normalized spacial score (nSPS) is 18.9. The average molecular weight is 385 g/mol. The molecular weight excluding hydrogens is 358 g/mol. The summed E-state index contributed by atoms with van der Waals surface area (Å²) < 4.78 is 10.8. The van der Waals surface area contributed by atoms with Crippen molar-refractivity contribution in [1.29, 1.82) is 0 Å². The first-order chi connectivity index (χ1) is 13.3. The lowest BCUT2D eigenvalue weighted by Gasteiger charge is -2.22. The van der Waals surface area contributed by atoms with Gasteiger partial charge >= 0.3 is 6.09 Å². The Morgan fingerprint density at radius 1 is 1.21 bits per heavy atom. The Hall–Kier alpha value is -2.67. The van der Waals surface area contributed by atoms with E-state index in [-0.39, 0.29) is 18.6 Å². The van der Waals surface area contributed by atoms with Crippen LogP contribution in [0.3, 0.4) is 0 Å².